The van der Waals surface area contributed by atoms with Gasteiger partial charge in [0.05, 0.1) is 10.6 Å². The van der Waals surface area contributed by atoms with E-state index in [0.29, 0.717) is 27.5 Å². The van der Waals surface area contributed by atoms with Crippen molar-refractivity contribution in [3.05, 3.63) is 93.5 Å². The molecule has 3 rings (SSSR count). The number of amides is 2. The Morgan fingerprint density at radius 2 is 1.53 bits per heavy atom. The highest BCUT2D eigenvalue weighted by molar-refractivity contribution is 7.80. The average Bonchev–Trinajstić information content (AvgIpc) is 2.68. The Labute approximate surface area is 189 Å². The maximum absolute atomic E-state index is 12.5. The summed E-state index contributed by atoms with van der Waals surface area (Å²) < 4.78 is 0. The third kappa shape index (κ3) is 5.79. The fourth-order valence-electron chi connectivity index (χ4n) is 2.67. The fourth-order valence-corrected chi connectivity index (χ4v) is 3.38. The monoisotopic (exact) mass is 457 g/mol. The summed E-state index contributed by atoms with van der Waals surface area (Å²) in [6, 6.07) is 18.8. The Morgan fingerprint density at radius 3 is 2.23 bits per heavy atom. The Balaban J connectivity index is 1.64. The lowest BCUT2D eigenvalue weighted by molar-refractivity contribution is 0.0976. The molecule has 8 heteroatoms. The van der Waals surface area contributed by atoms with Gasteiger partial charge in [-0.25, -0.2) is 0 Å². The molecule has 0 fully saturated rings. The summed E-state index contributed by atoms with van der Waals surface area (Å²) in [5.74, 6) is -0.679. The summed E-state index contributed by atoms with van der Waals surface area (Å²) in [5, 5.41) is 9.19. The predicted octanol–water partition coefficient (Wildman–Crippen LogP) is 5.68. The second-order valence-corrected chi connectivity index (χ2v) is 7.69. The van der Waals surface area contributed by atoms with Crippen LogP contribution in [-0.2, 0) is 0 Å². The van der Waals surface area contributed by atoms with Gasteiger partial charge in [0.1, 0.15) is 0 Å². The third-order valence-electron chi connectivity index (χ3n) is 4.06. The predicted molar refractivity (Wildman–Crippen MR) is 126 cm³/mol. The van der Waals surface area contributed by atoms with E-state index >= 15 is 0 Å². The van der Waals surface area contributed by atoms with Crippen molar-refractivity contribution in [1.82, 2.24) is 5.32 Å². The van der Waals surface area contributed by atoms with Crippen molar-refractivity contribution < 1.29 is 9.59 Å². The highest BCUT2D eigenvalue weighted by Crippen LogP contribution is 2.23. The van der Waals surface area contributed by atoms with Gasteiger partial charge >= 0.3 is 0 Å². The maximum Gasteiger partial charge on any atom is 0.257 e. The number of aryl methyl sites for hydroxylation is 1. The third-order valence-corrected chi connectivity index (χ3v) is 4.81. The lowest BCUT2D eigenvalue weighted by Gasteiger charge is -2.12. The van der Waals surface area contributed by atoms with E-state index in [1.54, 1.807) is 54.6 Å². The summed E-state index contributed by atoms with van der Waals surface area (Å²) in [5.41, 5.74) is 2.93. The van der Waals surface area contributed by atoms with Gasteiger partial charge in [-0.1, -0.05) is 47.0 Å². The van der Waals surface area contributed by atoms with Gasteiger partial charge in [0.15, 0.2) is 5.11 Å². The van der Waals surface area contributed by atoms with Gasteiger partial charge in [-0.2, -0.15) is 0 Å². The first-order valence-corrected chi connectivity index (χ1v) is 10.0. The number of nitrogens with one attached hydrogen (secondary N) is 3. The van der Waals surface area contributed by atoms with E-state index < -0.39 is 0 Å². The van der Waals surface area contributed by atoms with Crippen molar-refractivity contribution >= 4 is 63.7 Å². The number of hydrogen-bond acceptors (Lipinski definition) is 3. The van der Waals surface area contributed by atoms with E-state index in [1.807, 2.05) is 13.0 Å². The molecule has 3 aromatic rings. The highest BCUT2D eigenvalue weighted by Gasteiger charge is 2.12. The zero-order valence-electron chi connectivity index (χ0n) is 15.8. The quantitative estimate of drug-likeness (QED) is 0.440. The number of anilines is 2. The second kappa shape index (κ2) is 9.71. The molecule has 2 amide bonds. The van der Waals surface area contributed by atoms with Crippen molar-refractivity contribution in [3.63, 3.8) is 0 Å². The molecule has 0 radical (unpaired) electrons. The first-order chi connectivity index (χ1) is 14.3. The number of benzene rings is 3. The van der Waals surface area contributed by atoms with Crippen LogP contribution in [0.2, 0.25) is 10.0 Å². The molecular weight excluding hydrogens is 441 g/mol. The van der Waals surface area contributed by atoms with Crippen LogP contribution in [-0.4, -0.2) is 16.9 Å². The molecule has 3 aromatic carbocycles. The number of halogens is 2. The molecule has 0 aromatic heterocycles. The molecule has 3 N–H and O–H groups in total. The molecule has 0 spiro atoms. The first-order valence-electron chi connectivity index (χ1n) is 8.87. The molecule has 30 heavy (non-hydrogen) atoms. The molecule has 0 bridgehead atoms. The minimum atomic E-state index is -0.371. The van der Waals surface area contributed by atoms with Gasteiger partial charge < -0.3 is 10.6 Å². The van der Waals surface area contributed by atoms with Crippen molar-refractivity contribution in [1.29, 1.82) is 0 Å². The molecule has 0 saturated carbocycles. The molecule has 0 heterocycles. The number of rotatable bonds is 4. The lowest BCUT2D eigenvalue weighted by atomic mass is 10.1. The lowest BCUT2D eigenvalue weighted by Crippen LogP contribution is -2.34. The van der Waals surface area contributed by atoms with Crippen LogP contribution >= 0.6 is 35.4 Å². The van der Waals surface area contributed by atoms with Gasteiger partial charge in [-0.15, -0.1) is 0 Å². The molecule has 0 aliphatic heterocycles. The summed E-state index contributed by atoms with van der Waals surface area (Å²) in [4.78, 5) is 24.8. The van der Waals surface area contributed by atoms with Crippen molar-refractivity contribution in [2.45, 2.75) is 6.92 Å². The Morgan fingerprint density at radius 1 is 0.833 bits per heavy atom. The van der Waals surface area contributed by atoms with E-state index in [9.17, 15) is 9.59 Å². The standard InChI is InChI=1S/C22H17Cl2N3O2S/c1-13-4-2-5-14(10-13)20(28)27-22(30)26-17-7-3-6-16(12-17)25-21(29)18-9-8-15(23)11-19(18)24/h2-12H,1H3,(H,25,29)(H2,26,27,28,30). The summed E-state index contributed by atoms with van der Waals surface area (Å²) >= 11 is 17.2. The van der Waals surface area contributed by atoms with Crippen LogP contribution in [0.1, 0.15) is 26.3 Å². The molecular formula is C22H17Cl2N3O2S. The minimum absolute atomic E-state index is 0.144. The van der Waals surface area contributed by atoms with Crippen LogP contribution in [0.15, 0.2) is 66.7 Å². The Hall–Kier alpha value is -2.93. The van der Waals surface area contributed by atoms with Crippen molar-refractivity contribution in [2.75, 3.05) is 10.6 Å². The minimum Gasteiger partial charge on any atom is -0.332 e. The molecule has 0 atom stereocenters. The van der Waals surface area contributed by atoms with E-state index in [0.717, 1.165) is 5.56 Å². The SMILES string of the molecule is Cc1cccc(C(=O)NC(=S)Nc2cccc(NC(=O)c3ccc(Cl)cc3Cl)c2)c1. The molecule has 0 aliphatic rings. The van der Waals surface area contributed by atoms with Crippen LogP contribution in [0.4, 0.5) is 11.4 Å². The summed E-state index contributed by atoms with van der Waals surface area (Å²) in [6.07, 6.45) is 0. The highest BCUT2D eigenvalue weighted by atomic mass is 35.5. The van der Waals surface area contributed by atoms with Crippen molar-refractivity contribution in [2.24, 2.45) is 0 Å². The molecule has 152 valence electrons. The van der Waals surface area contributed by atoms with E-state index in [-0.39, 0.29) is 21.9 Å². The summed E-state index contributed by atoms with van der Waals surface area (Å²) in [7, 11) is 0. The molecule has 0 aliphatic carbocycles. The van der Waals surface area contributed by atoms with Gasteiger partial charge in [0.2, 0.25) is 0 Å². The van der Waals surface area contributed by atoms with E-state index in [4.69, 9.17) is 35.4 Å². The van der Waals surface area contributed by atoms with Gasteiger partial charge in [0, 0.05) is 22.0 Å². The maximum atomic E-state index is 12.5. The first kappa shape index (κ1) is 21.8. The van der Waals surface area contributed by atoms with Crippen molar-refractivity contribution in [3.8, 4) is 0 Å². The Kier molecular flexibility index (Phi) is 7.05. The van der Waals surface area contributed by atoms with Crippen LogP contribution in [0.3, 0.4) is 0 Å². The van der Waals surface area contributed by atoms with Gasteiger partial charge in [0.25, 0.3) is 11.8 Å². The van der Waals surface area contributed by atoms with Crippen LogP contribution in [0.5, 0.6) is 0 Å². The van der Waals surface area contributed by atoms with Gasteiger partial charge in [-0.05, 0) is 67.7 Å². The molecule has 5 nitrogen and oxygen atoms in total. The smallest absolute Gasteiger partial charge is 0.257 e. The normalized spacial score (nSPS) is 10.2. The van der Waals surface area contributed by atoms with Crippen LogP contribution in [0, 0.1) is 6.92 Å². The van der Waals surface area contributed by atoms with E-state index in [1.165, 1.54) is 6.07 Å². The van der Waals surface area contributed by atoms with Crippen LogP contribution in [0.25, 0.3) is 0 Å². The topological polar surface area (TPSA) is 70.2 Å². The number of hydrogen-bond donors (Lipinski definition) is 3. The van der Waals surface area contributed by atoms with Crippen LogP contribution < -0.4 is 16.0 Å². The molecule has 0 saturated heterocycles. The molecule has 0 unspecified atom stereocenters. The number of carbonyl (C=O) groups excluding carboxylic acids is 2. The second-order valence-electron chi connectivity index (χ2n) is 6.44. The van der Waals surface area contributed by atoms with Gasteiger partial charge in [-0.3, -0.25) is 14.9 Å². The number of thiocarbonyl (C=S) groups is 1. The average molecular weight is 458 g/mol. The number of carbonyl (C=O) groups is 2. The Bertz CT molecular complexity index is 1130. The zero-order valence-corrected chi connectivity index (χ0v) is 18.2. The fraction of sp³-hybridized carbons (Fsp3) is 0.0455. The summed E-state index contributed by atoms with van der Waals surface area (Å²) in [6.45, 7) is 1.91. The van der Waals surface area contributed by atoms with E-state index in [2.05, 4.69) is 16.0 Å². The largest absolute Gasteiger partial charge is 0.332 e. The zero-order chi connectivity index (χ0) is 21.7.